The second-order valence-corrected chi connectivity index (χ2v) is 5.07. The van der Waals surface area contributed by atoms with Gasteiger partial charge in [0.15, 0.2) is 0 Å². The van der Waals surface area contributed by atoms with Crippen LogP contribution in [0.1, 0.15) is 31.9 Å². The molecule has 0 spiro atoms. The molecule has 3 heteroatoms. The Morgan fingerprint density at radius 1 is 1.24 bits per heavy atom. The normalized spacial score (nSPS) is 11.3. The second kappa shape index (κ2) is 5.82. The first-order valence-electron chi connectivity index (χ1n) is 5.91. The first-order valence-corrected chi connectivity index (χ1v) is 5.91. The number of esters is 1. The van der Waals surface area contributed by atoms with Crippen LogP contribution in [-0.4, -0.2) is 18.1 Å². The van der Waals surface area contributed by atoms with Crippen LogP contribution in [0.3, 0.4) is 0 Å². The molecule has 2 N–H and O–H groups in total. The number of nitrogens with two attached hydrogens (primary N) is 1. The highest BCUT2D eigenvalue weighted by atomic mass is 16.6. The van der Waals surface area contributed by atoms with Crippen molar-refractivity contribution >= 4 is 5.97 Å². The molecule has 0 bridgehead atoms. The lowest BCUT2D eigenvalue weighted by Gasteiger charge is -2.20. The minimum absolute atomic E-state index is 0.193. The number of ether oxygens (including phenoxy) is 1. The van der Waals surface area contributed by atoms with E-state index in [9.17, 15) is 4.79 Å². The Hall–Kier alpha value is -1.35. The molecule has 0 aliphatic carbocycles. The predicted molar refractivity (Wildman–Crippen MR) is 68.7 cm³/mol. The smallest absolute Gasteiger partial charge is 0.310 e. The first-order chi connectivity index (χ1) is 7.92. The number of carbonyl (C=O) groups is 1. The Kier molecular flexibility index (Phi) is 4.70. The van der Waals surface area contributed by atoms with E-state index in [4.69, 9.17) is 10.5 Å². The Morgan fingerprint density at radius 3 is 2.35 bits per heavy atom. The highest BCUT2D eigenvalue weighted by molar-refractivity contribution is 5.73. The number of benzene rings is 1. The van der Waals surface area contributed by atoms with Crippen LogP contribution in [0.15, 0.2) is 24.3 Å². The molecule has 0 unspecified atom stereocenters. The Morgan fingerprint density at radius 2 is 1.82 bits per heavy atom. The fourth-order valence-corrected chi connectivity index (χ4v) is 1.66. The summed E-state index contributed by atoms with van der Waals surface area (Å²) in [6.07, 6.45) is 1.10. The van der Waals surface area contributed by atoms with Gasteiger partial charge in [0.2, 0.25) is 0 Å². The quantitative estimate of drug-likeness (QED) is 0.813. The molecule has 0 saturated heterocycles. The molecular weight excluding hydrogens is 214 g/mol. The zero-order valence-electron chi connectivity index (χ0n) is 10.8. The molecule has 0 heterocycles. The maximum atomic E-state index is 11.7. The topological polar surface area (TPSA) is 52.3 Å². The lowest BCUT2D eigenvalue weighted by atomic mass is 10.0. The van der Waals surface area contributed by atoms with E-state index in [2.05, 4.69) is 0 Å². The predicted octanol–water partition coefficient (Wildman–Crippen LogP) is 2.07. The Balaban J connectivity index is 2.71. The third-order valence-electron chi connectivity index (χ3n) is 2.29. The van der Waals surface area contributed by atoms with E-state index in [1.165, 1.54) is 0 Å². The van der Waals surface area contributed by atoms with Crippen molar-refractivity contribution in [3.8, 4) is 0 Å². The lowest BCUT2D eigenvalue weighted by molar-refractivity contribution is -0.153. The highest BCUT2D eigenvalue weighted by Crippen LogP contribution is 2.13. The maximum Gasteiger partial charge on any atom is 0.310 e. The van der Waals surface area contributed by atoms with E-state index in [-0.39, 0.29) is 5.97 Å². The van der Waals surface area contributed by atoms with Gasteiger partial charge in [-0.25, -0.2) is 0 Å². The standard InChI is InChI=1S/C14H21NO2/c1-14(2,3)17-13(16)10-12-7-5-4-6-11(12)8-9-15/h4-7H,8-10,15H2,1-3H3. The summed E-state index contributed by atoms with van der Waals surface area (Å²) < 4.78 is 5.30. The first kappa shape index (κ1) is 13.7. The van der Waals surface area contributed by atoms with Gasteiger partial charge in [0.25, 0.3) is 0 Å². The van der Waals surface area contributed by atoms with Crippen molar-refractivity contribution in [2.75, 3.05) is 6.54 Å². The fourth-order valence-electron chi connectivity index (χ4n) is 1.66. The van der Waals surface area contributed by atoms with Crippen LogP contribution in [0.25, 0.3) is 0 Å². The molecule has 0 aliphatic heterocycles. The number of carbonyl (C=O) groups excluding carboxylic acids is 1. The molecule has 0 amide bonds. The largest absolute Gasteiger partial charge is 0.460 e. The van der Waals surface area contributed by atoms with Gasteiger partial charge in [-0.1, -0.05) is 24.3 Å². The van der Waals surface area contributed by atoms with Crippen LogP contribution in [-0.2, 0) is 22.4 Å². The summed E-state index contributed by atoms with van der Waals surface area (Å²) in [6, 6.07) is 7.85. The van der Waals surface area contributed by atoms with E-state index in [1.54, 1.807) is 0 Å². The van der Waals surface area contributed by atoms with Crippen LogP contribution in [0.2, 0.25) is 0 Å². The SMILES string of the molecule is CC(C)(C)OC(=O)Cc1ccccc1CCN. The molecule has 1 rings (SSSR count). The zero-order chi connectivity index (χ0) is 12.9. The zero-order valence-corrected chi connectivity index (χ0v) is 10.8. The van der Waals surface area contributed by atoms with Crippen molar-refractivity contribution in [2.24, 2.45) is 5.73 Å². The average Bonchev–Trinajstić information content (AvgIpc) is 2.18. The molecule has 0 aromatic heterocycles. The van der Waals surface area contributed by atoms with E-state index in [0.29, 0.717) is 13.0 Å². The minimum atomic E-state index is -0.431. The Bertz CT molecular complexity index is 380. The highest BCUT2D eigenvalue weighted by Gasteiger charge is 2.17. The number of hydrogen-bond donors (Lipinski definition) is 1. The average molecular weight is 235 g/mol. The molecule has 0 atom stereocenters. The van der Waals surface area contributed by atoms with E-state index < -0.39 is 5.60 Å². The molecule has 1 aromatic carbocycles. The van der Waals surface area contributed by atoms with Gasteiger partial charge in [-0.05, 0) is 44.9 Å². The summed E-state index contributed by atoms with van der Waals surface area (Å²) in [6.45, 7) is 6.20. The molecule has 0 aliphatic rings. The summed E-state index contributed by atoms with van der Waals surface area (Å²) in [5.74, 6) is -0.193. The van der Waals surface area contributed by atoms with Gasteiger partial charge in [-0.3, -0.25) is 4.79 Å². The van der Waals surface area contributed by atoms with Crippen LogP contribution < -0.4 is 5.73 Å². The molecule has 94 valence electrons. The van der Waals surface area contributed by atoms with Crippen LogP contribution in [0.4, 0.5) is 0 Å². The van der Waals surface area contributed by atoms with Crippen molar-refractivity contribution in [1.82, 2.24) is 0 Å². The van der Waals surface area contributed by atoms with Crippen molar-refractivity contribution in [3.05, 3.63) is 35.4 Å². The second-order valence-electron chi connectivity index (χ2n) is 5.07. The van der Waals surface area contributed by atoms with Crippen LogP contribution in [0, 0.1) is 0 Å². The monoisotopic (exact) mass is 235 g/mol. The van der Waals surface area contributed by atoms with Gasteiger partial charge in [0.1, 0.15) is 5.60 Å². The van der Waals surface area contributed by atoms with Crippen molar-refractivity contribution in [2.45, 2.75) is 39.2 Å². The number of hydrogen-bond acceptors (Lipinski definition) is 3. The van der Waals surface area contributed by atoms with Gasteiger partial charge >= 0.3 is 5.97 Å². The minimum Gasteiger partial charge on any atom is -0.460 e. The van der Waals surface area contributed by atoms with E-state index in [1.807, 2.05) is 45.0 Å². The van der Waals surface area contributed by atoms with Crippen LogP contribution >= 0.6 is 0 Å². The molecule has 0 fully saturated rings. The van der Waals surface area contributed by atoms with Crippen molar-refractivity contribution < 1.29 is 9.53 Å². The van der Waals surface area contributed by atoms with Crippen molar-refractivity contribution in [3.63, 3.8) is 0 Å². The van der Waals surface area contributed by atoms with E-state index in [0.717, 1.165) is 17.5 Å². The fraction of sp³-hybridized carbons (Fsp3) is 0.500. The van der Waals surface area contributed by atoms with Gasteiger partial charge < -0.3 is 10.5 Å². The summed E-state index contributed by atoms with van der Waals surface area (Å²) in [5, 5.41) is 0. The Labute approximate surface area is 103 Å². The van der Waals surface area contributed by atoms with Gasteiger partial charge in [0, 0.05) is 0 Å². The molecule has 0 saturated carbocycles. The third kappa shape index (κ3) is 5.00. The number of rotatable bonds is 4. The van der Waals surface area contributed by atoms with Crippen molar-refractivity contribution in [1.29, 1.82) is 0 Å². The maximum absolute atomic E-state index is 11.7. The van der Waals surface area contributed by atoms with Gasteiger partial charge in [-0.2, -0.15) is 0 Å². The molecular formula is C14H21NO2. The summed E-state index contributed by atoms with van der Waals surface area (Å²) in [4.78, 5) is 11.7. The van der Waals surface area contributed by atoms with E-state index >= 15 is 0 Å². The van der Waals surface area contributed by atoms with Gasteiger partial charge in [0.05, 0.1) is 6.42 Å². The van der Waals surface area contributed by atoms with Gasteiger partial charge in [-0.15, -0.1) is 0 Å². The summed E-state index contributed by atoms with van der Waals surface area (Å²) in [5.41, 5.74) is 7.25. The molecule has 0 radical (unpaired) electrons. The molecule has 3 nitrogen and oxygen atoms in total. The van der Waals surface area contributed by atoms with Crippen LogP contribution in [0.5, 0.6) is 0 Å². The summed E-state index contributed by atoms with van der Waals surface area (Å²) in [7, 11) is 0. The summed E-state index contributed by atoms with van der Waals surface area (Å²) >= 11 is 0. The molecule has 1 aromatic rings. The molecule has 17 heavy (non-hydrogen) atoms. The lowest BCUT2D eigenvalue weighted by Crippen LogP contribution is -2.25. The third-order valence-corrected chi connectivity index (χ3v) is 2.29.